The van der Waals surface area contributed by atoms with Crippen molar-refractivity contribution in [3.8, 4) is 0 Å². The minimum absolute atomic E-state index is 0.644. The van der Waals surface area contributed by atoms with E-state index in [0.29, 0.717) is 5.92 Å². The molecule has 0 aromatic heterocycles. The van der Waals surface area contributed by atoms with E-state index in [2.05, 4.69) is 43.4 Å². The number of hydrogen-bond donors (Lipinski definition) is 1. The molecule has 1 aliphatic heterocycles. The van der Waals surface area contributed by atoms with Gasteiger partial charge >= 0.3 is 0 Å². The smallest absolute Gasteiger partial charge is 0.00173 e. The number of benzene rings is 1. The van der Waals surface area contributed by atoms with Crippen LogP contribution in [0.1, 0.15) is 43.7 Å². The molecule has 1 aromatic rings. The van der Waals surface area contributed by atoms with E-state index in [0.717, 1.165) is 5.92 Å². The highest BCUT2D eigenvalue weighted by molar-refractivity contribution is 5.25. The maximum Gasteiger partial charge on any atom is -0.00173 e. The standard InChI is InChI=1S/C15H23N/c1-12(2)15-7-5-13(6-8-15)10-14-4-3-9-16-11-14/h5-8,12,14,16H,3-4,9-11H2,1-2H3. The van der Waals surface area contributed by atoms with Crippen LogP contribution in [0.25, 0.3) is 0 Å². The molecule has 0 bridgehead atoms. The summed E-state index contributed by atoms with van der Waals surface area (Å²) in [6.45, 7) is 6.91. The first-order valence-corrected chi connectivity index (χ1v) is 6.55. The van der Waals surface area contributed by atoms with E-state index in [1.165, 1.54) is 43.5 Å². The van der Waals surface area contributed by atoms with Crippen LogP contribution >= 0.6 is 0 Å². The first kappa shape index (κ1) is 11.7. The molecule has 1 N–H and O–H groups in total. The Kier molecular flexibility index (Phi) is 4.00. The second kappa shape index (κ2) is 5.49. The molecular formula is C15H23N. The van der Waals surface area contributed by atoms with E-state index in [4.69, 9.17) is 0 Å². The zero-order valence-electron chi connectivity index (χ0n) is 10.5. The van der Waals surface area contributed by atoms with E-state index >= 15 is 0 Å². The maximum atomic E-state index is 3.48. The molecule has 1 atom stereocenters. The zero-order valence-corrected chi connectivity index (χ0v) is 10.5. The van der Waals surface area contributed by atoms with E-state index in [-0.39, 0.29) is 0 Å². The molecule has 0 amide bonds. The van der Waals surface area contributed by atoms with Crippen molar-refractivity contribution < 1.29 is 0 Å². The van der Waals surface area contributed by atoms with Gasteiger partial charge in [-0.05, 0) is 55.3 Å². The molecular weight excluding hydrogens is 194 g/mol. The van der Waals surface area contributed by atoms with Crippen LogP contribution in [-0.2, 0) is 6.42 Å². The Hall–Kier alpha value is -0.820. The number of piperidine rings is 1. The Morgan fingerprint density at radius 3 is 2.56 bits per heavy atom. The van der Waals surface area contributed by atoms with Gasteiger partial charge in [0.1, 0.15) is 0 Å². The van der Waals surface area contributed by atoms with Crippen LogP contribution in [0.5, 0.6) is 0 Å². The van der Waals surface area contributed by atoms with Crippen LogP contribution in [0.4, 0.5) is 0 Å². The predicted molar refractivity (Wildman–Crippen MR) is 69.8 cm³/mol. The maximum absolute atomic E-state index is 3.48. The average Bonchev–Trinajstić information content (AvgIpc) is 2.31. The van der Waals surface area contributed by atoms with Crippen molar-refractivity contribution in [1.29, 1.82) is 0 Å². The van der Waals surface area contributed by atoms with Crippen molar-refractivity contribution in [1.82, 2.24) is 5.32 Å². The third kappa shape index (κ3) is 3.08. The van der Waals surface area contributed by atoms with Crippen molar-refractivity contribution in [3.63, 3.8) is 0 Å². The minimum atomic E-state index is 0.644. The van der Waals surface area contributed by atoms with Crippen LogP contribution in [0, 0.1) is 5.92 Å². The molecule has 1 saturated heterocycles. The molecule has 2 rings (SSSR count). The monoisotopic (exact) mass is 217 g/mol. The molecule has 1 nitrogen and oxygen atoms in total. The van der Waals surface area contributed by atoms with E-state index in [1.807, 2.05) is 0 Å². The summed E-state index contributed by atoms with van der Waals surface area (Å²) in [7, 11) is 0. The molecule has 0 aliphatic carbocycles. The van der Waals surface area contributed by atoms with Crippen molar-refractivity contribution in [2.24, 2.45) is 5.92 Å². The lowest BCUT2D eigenvalue weighted by atomic mass is 9.91. The molecule has 1 aromatic carbocycles. The topological polar surface area (TPSA) is 12.0 Å². The highest BCUT2D eigenvalue weighted by Crippen LogP contribution is 2.19. The third-order valence-electron chi connectivity index (χ3n) is 3.57. The minimum Gasteiger partial charge on any atom is -0.316 e. The zero-order chi connectivity index (χ0) is 11.4. The van der Waals surface area contributed by atoms with Crippen molar-refractivity contribution in [3.05, 3.63) is 35.4 Å². The Bertz CT molecular complexity index is 307. The predicted octanol–water partition coefficient (Wildman–Crippen LogP) is 3.35. The second-order valence-electron chi connectivity index (χ2n) is 5.31. The third-order valence-corrected chi connectivity index (χ3v) is 3.57. The lowest BCUT2D eigenvalue weighted by Gasteiger charge is -2.22. The molecule has 88 valence electrons. The number of nitrogens with one attached hydrogen (secondary N) is 1. The molecule has 1 heterocycles. The van der Waals surface area contributed by atoms with Gasteiger partial charge in [0.05, 0.1) is 0 Å². The van der Waals surface area contributed by atoms with Crippen molar-refractivity contribution in [2.75, 3.05) is 13.1 Å². The van der Waals surface area contributed by atoms with Gasteiger partial charge in [-0.2, -0.15) is 0 Å². The fourth-order valence-electron chi connectivity index (χ4n) is 2.47. The largest absolute Gasteiger partial charge is 0.316 e. The van der Waals surface area contributed by atoms with Crippen LogP contribution in [0.2, 0.25) is 0 Å². The number of rotatable bonds is 3. The van der Waals surface area contributed by atoms with E-state index < -0.39 is 0 Å². The lowest BCUT2D eigenvalue weighted by molar-refractivity contribution is 0.376. The summed E-state index contributed by atoms with van der Waals surface area (Å²) in [5.41, 5.74) is 2.95. The van der Waals surface area contributed by atoms with E-state index in [1.54, 1.807) is 0 Å². The van der Waals surface area contributed by atoms with Gasteiger partial charge in [-0.15, -0.1) is 0 Å². The molecule has 16 heavy (non-hydrogen) atoms. The van der Waals surface area contributed by atoms with Gasteiger partial charge in [0.15, 0.2) is 0 Å². The summed E-state index contributed by atoms with van der Waals surface area (Å²) in [5.74, 6) is 1.49. The van der Waals surface area contributed by atoms with Gasteiger partial charge in [-0.3, -0.25) is 0 Å². The second-order valence-corrected chi connectivity index (χ2v) is 5.31. The summed E-state index contributed by atoms with van der Waals surface area (Å²) >= 11 is 0. The van der Waals surface area contributed by atoms with Gasteiger partial charge < -0.3 is 5.32 Å². The van der Waals surface area contributed by atoms with E-state index in [9.17, 15) is 0 Å². The highest BCUT2D eigenvalue weighted by atomic mass is 14.9. The fraction of sp³-hybridized carbons (Fsp3) is 0.600. The molecule has 1 unspecified atom stereocenters. The SMILES string of the molecule is CC(C)c1ccc(CC2CCCNC2)cc1. The molecule has 0 saturated carbocycles. The number of hydrogen-bond acceptors (Lipinski definition) is 1. The van der Waals surface area contributed by atoms with Crippen molar-refractivity contribution >= 4 is 0 Å². The van der Waals surface area contributed by atoms with Gasteiger partial charge in [0, 0.05) is 0 Å². The molecule has 0 radical (unpaired) electrons. The van der Waals surface area contributed by atoms with Gasteiger partial charge in [-0.1, -0.05) is 38.1 Å². The Balaban J connectivity index is 1.93. The van der Waals surface area contributed by atoms with Crippen LogP contribution in [0.15, 0.2) is 24.3 Å². The molecule has 1 aliphatic rings. The quantitative estimate of drug-likeness (QED) is 0.818. The Morgan fingerprint density at radius 2 is 2.00 bits per heavy atom. The molecule has 1 heteroatoms. The van der Waals surface area contributed by atoms with Gasteiger partial charge in [-0.25, -0.2) is 0 Å². The highest BCUT2D eigenvalue weighted by Gasteiger charge is 2.13. The summed E-state index contributed by atoms with van der Waals surface area (Å²) in [4.78, 5) is 0. The normalized spacial score (nSPS) is 21.3. The van der Waals surface area contributed by atoms with Crippen molar-refractivity contribution in [2.45, 2.75) is 39.0 Å². The Labute approximate surface area is 99.3 Å². The first-order valence-electron chi connectivity index (χ1n) is 6.55. The first-order chi connectivity index (χ1) is 7.75. The van der Waals surface area contributed by atoms with Crippen LogP contribution in [0.3, 0.4) is 0 Å². The fourth-order valence-corrected chi connectivity index (χ4v) is 2.47. The summed E-state index contributed by atoms with van der Waals surface area (Å²) in [5, 5.41) is 3.48. The lowest BCUT2D eigenvalue weighted by Crippen LogP contribution is -2.30. The average molecular weight is 217 g/mol. The summed E-state index contributed by atoms with van der Waals surface area (Å²) < 4.78 is 0. The molecule has 1 fully saturated rings. The van der Waals surface area contributed by atoms with Gasteiger partial charge in [0.25, 0.3) is 0 Å². The van der Waals surface area contributed by atoms with Crippen LogP contribution in [-0.4, -0.2) is 13.1 Å². The van der Waals surface area contributed by atoms with Crippen LogP contribution < -0.4 is 5.32 Å². The Morgan fingerprint density at radius 1 is 1.25 bits per heavy atom. The molecule has 0 spiro atoms. The summed E-state index contributed by atoms with van der Waals surface area (Å²) in [6.07, 6.45) is 3.97. The van der Waals surface area contributed by atoms with Gasteiger partial charge in [0.2, 0.25) is 0 Å². The summed E-state index contributed by atoms with van der Waals surface area (Å²) in [6, 6.07) is 9.19.